The summed E-state index contributed by atoms with van der Waals surface area (Å²) in [7, 11) is 0. The molecule has 1 amide bonds. The molecule has 2 rings (SSSR count). The summed E-state index contributed by atoms with van der Waals surface area (Å²) in [6, 6.07) is 6.06. The first-order chi connectivity index (χ1) is 8.52. The third-order valence-electron chi connectivity index (χ3n) is 3.11. The highest BCUT2D eigenvalue weighted by Crippen LogP contribution is 2.34. The fourth-order valence-corrected chi connectivity index (χ4v) is 2.28. The molecule has 2 unspecified atom stereocenters. The van der Waals surface area contributed by atoms with Gasteiger partial charge < -0.3 is 15.4 Å². The summed E-state index contributed by atoms with van der Waals surface area (Å²) in [6.07, 6.45) is 0.394. The van der Waals surface area contributed by atoms with E-state index >= 15 is 0 Å². The number of carbonyl (C=O) groups excluding carboxylic acids is 1. The Morgan fingerprint density at radius 2 is 2.22 bits per heavy atom. The van der Waals surface area contributed by atoms with Crippen molar-refractivity contribution in [3.05, 3.63) is 23.8 Å². The Labute approximate surface area is 108 Å². The van der Waals surface area contributed by atoms with Gasteiger partial charge in [-0.15, -0.1) is 0 Å². The van der Waals surface area contributed by atoms with Gasteiger partial charge in [0.25, 0.3) is 5.91 Å². The Morgan fingerprint density at radius 1 is 1.50 bits per heavy atom. The number of benzene rings is 1. The number of nitrogens with zero attached hydrogens (tertiary/aromatic N) is 1. The number of anilines is 1. The van der Waals surface area contributed by atoms with Gasteiger partial charge in [-0.25, -0.2) is 0 Å². The third kappa shape index (κ3) is 2.34. The standard InChI is InChI=1S/C14H20N2O2/c1-4-16-12-8-11(7-9(2)15)5-6-13(12)18-10(3)14(16)17/h5-6,8-10H,4,7,15H2,1-3H3. The molecule has 2 atom stereocenters. The van der Waals surface area contributed by atoms with Gasteiger partial charge in [0.1, 0.15) is 5.75 Å². The van der Waals surface area contributed by atoms with Crippen LogP contribution in [0.1, 0.15) is 26.3 Å². The van der Waals surface area contributed by atoms with Gasteiger partial charge in [-0.2, -0.15) is 0 Å². The number of likely N-dealkylation sites (N-methyl/N-ethyl adjacent to an activating group) is 1. The van der Waals surface area contributed by atoms with Crippen LogP contribution in [-0.4, -0.2) is 24.6 Å². The summed E-state index contributed by atoms with van der Waals surface area (Å²) in [5.41, 5.74) is 7.80. The fourth-order valence-electron chi connectivity index (χ4n) is 2.28. The van der Waals surface area contributed by atoms with E-state index in [1.165, 1.54) is 0 Å². The lowest BCUT2D eigenvalue weighted by Gasteiger charge is -2.32. The lowest BCUT2D eigenvalue weighted by molar-refractivity contribution is -0.125. The largest absolute Gasteiger partial charge is 0.479 e. The van der Waals surface area contributed by atoms with Crippen molar-refractivity contribution in [1.29, 1.82) is 0 Å². The minimum atomic E-state index is -0.406. The molecular weight excluding hydrogens is 228 g/mol. The van der Waals surface area contributed by atoms with Gasteiger partial charge in [0.2, 0.25) is 0 Å². The average Bonchev–Trinajstić information content (AvgIpc) is 2.31. The van der Waals surface area contributed by atoms with Gasteiger partial charge in [0, 0.05) is 12.6 Å². The molecule has 4 nitrogen and oxygen atoms in total. The molecule has 1 aromatic carbocycles. The number of hydrogen-bond donors (Lipinski definition) is 1. The molecule has 1 aromatic rings. The van der Waals surface area contributed by atoms with Crippen LogP contribution in [0.2, 0.25) is 0 Å². The summed E-state index contributed by atoms with van der Waals surface area (Å²) in [6.45, 7) is 6.38. The van der Waals surface area contributed by atoms with Crippen LogP contribution in [-0.2, 0) is 11.2 Å². The third-order valence-corrected chi connectivity index (χ3v) is 3.11. The molecule has 0 fully saturated rings. The molecule has 0 radical (unpaired) electrons. The Bertz CT molecular complexity index is 457. The SMILES string of the molecule is CCN1C(=O)C(C)Oc2ccc(CC(C)N)cc21. The van der Waals surface area contributed by atoms with Crippen molar-refractivity contribution in [2.45, 2.75) is 39.3 Å². The van der Waals surface area contributed by atoms with Crippen LogP contribution in [0.25, 0.3) is 0 Å². The van der Waals surface area contributed by atoms with Crippen molar-refractivity contribution in [2.24, 2.45) is 5.73 Å². The highest BCUT2D eigenvalue weighted by atomic mass is 16.5. The van der Waals surface area contributed by atoms with E-state index in [9.17, 15) is 4.79 Å². The predicted molar refractivity (Wildman–Crippen MR) is 71.9 cm³/mol. The van der Waals surface area contributed by atoms with E-state index in [-0.39, 0.29) is 11.9 Å². The van der Waals surface area contributed by atoms with E-state index < -0.39 is 6.10 Å². The van der Waals surface area contributed by atoms with Crippen LogP contribution >= 0.6 is 0 Å². The molecule has 4 heteroatoms. The second kappa shape index (κ2) is 4.98. The normalized spacial score (nSPS) is 20.3. The molecular formula is C14H20N2O2. The van der Waals surface area contributed by atoms with Crippen molar-refractivity contribution in [2.75, 3.05) is 11.4 Å². The van der Waals surface area contributed by atoms with Crippen LogP contribution < -0.4 is 15.4 Å². The van der Waals surface area contributed by atoms with E-state index in [4.69, 9.17) is 10.5 Å². The fraction of sp³-hybridized carbons (Fsp3) is 0.500. The van der Waals surface area contributed by atoms with E-state index in [1.54, 1.807) is 11.8 Å². The molecule has 1 aliphatic rings. The Morgan fingerprint density at radius 3 is 2.83 bits per heavy atom. The first kappa shape index (κ1) is 12.9. The highest BCUT2D eigenvalue weighted by molar-refractivity contribution is 5.99. The summed E-state index contributed by atoms with van der Waals surface area (Å²) in [4.78, 5) is 13.8. The van der Waals surface area contributed by atoms with Crippen molar-refractivity contribution in [1.82, 2.24) is 0 Å². The minimum absolute atomic E-state index is 0.0166. The molecule has 0 saturated carbocycles. The number of nitrogens with two attached hydrogens (primary N) is 1. The monoisotopic (exact) mass is 248 g/mol. The number of rotatable bonds is 3. The van der Waals surface area contributed by atoms with Crippen LogP contribution in [0.15, 0.2) is 18.2 Å². The average molecular weight is 248 g/mol. The first-order valence-corrected chi connectivity index (χ1v) is 6.39. The number of carbonyl (C=O) groups is 1. The van der Waals surface area contributed by atoms with Crippen LogP contribution in [0.5, 0.6) is 5.75 Å². The molecule has 0 aromatic heterocycles. The molecule has 1 heterocycles. The summed E-state index contributed by atoms with van der Waals surface area (Å²) < 4.78 is 5.61. The summed E-state index contributed by atoms with van der Waals surface area (Å²) >= 11 is 0. The van der Waals surface area contributed by atoms with Gasteiger partial charge >= 0.3 is 0 Å². The highest BCUT2D eigenvalue weighted by Gasteiger charge is 2.30. The zero-order valence-corrected chi connectivity index (χ0v) is 11.1. The Balaban J connectivity index is 2.38. The topological polar surface area (TPSA) is 55.6 Å². The van der Waals surface area contributed by atoms with Gasteiger partial charge in [0.15, 0.2) is 6.10 Å². The molecule has 0 saturated heterocycles. The van der Waals surface area contributed by atoms with Crippen molar-refractivity contribution in [3.8, 4) is 5.75 Å². The second-order valence-corrected chi connectivity index (χ2v) is 4.83. The number of ether oxygens (including phenoxy) is 1. The predicted octanol–water partition coefficient (Wildman–Crippen LogP) is 1.71. The van der Waals surface area contributed by atoms with Crippen molar-refractivity contribution >= 4 is 11.6 Å². The van der Waals surface area contributed by atoms with E-state index in [0.29, 0.717) is 6.54 Å². The molecule has 98 valence electrons. The maximum Gasteiger partial charge on any atom is 0.267 e. The minimum Gasteiger partial charge on any atom is -0.479 e. The zero-order valence-electron chi connectivity index (χ0n) is 11.1. The molecule has 2 N–H and O–H groups in total. The Hall–Kier alpha value is -1.55. The molecule has 18 heavy (non-hydrogen) atoms. The van der Waals surface area contributed by atoms with Crippen LogP contribution in [0.4, 0.5) is 5.69 Å². The van der Waals surface area contributed by atoms with Gasteiger partial charge in [-0.05, 0) is 44.9 Å². The van der Waals surface area contributed by atoms with Crippen molar-refractivity contribution in [3.63, 3.8) is 0 Å². The lowest BCUT2D eigenvalue weighted by Crippen LogP contribution is -2.44. The second-order valence-electron chi connectivity index (χ2n) is 4.83. The number of amides is 1. The number of hydrogen-bond acceptors (Lipinski definition) is 3. The zero-order chi connectivity index (χ0) is 13.3. The van der Waals surface area contributed by atoms with Gasteiger partial charge in [-0.1, -0.05) is 6.07 Å². The number of fused-ring (bicyclic) bond motifs is 1. The lowest BCUT2D eigenvalue weighted by atomic mass is 10.0. The molecule has 0 spiro atoms. The molecule has 0 aliphatic carbocycles. The quantitative estimate of drug-likeness (QED) is 0.886. The van der Waals surface area contributed by atoms with Crippen molar-refractivity contribution < 1.29 is 9.53 Å². The van der Waals surface area contributed by atoms with Gasteiger partial charge in [-0.3, -0.25) is 4.79 Å². The van der Waals surface area contributed by atoms with E-state index in [1.807, 2.05) is 32.0 Å². The van der Waals surface area contributed by atoms with Gasteiger partial charge in [0.05, 0.1) is 5.69 Å². The summed E-state index contributed by atoms with van der Waals surface area (Å²) in [5, 5.41) is 0. The maximum atomic E-state index is 12.0. The Kier molecular flexibility index (Phi) is 3.57. The molecule has 0 bridgehead atoms. The smallest absolute Gasteiger partial charge is 0.267 e. The van der Waals surface area contributed by atoms with E-state index in [2.05, 4.69) is 0 Å². The first-order valence-electron chi connectivity index (χ1n) is 6.39. The van der Waals surface area contributed by atoms with Crippen LogP contribution in [0.3, 0.4) is 0 Å². The maximum absolute atomic E-state index is 12.0. The van der Waals surface area contributed by atoms with Crippen LogP contribution in [0, 0.1) is 0 Å². The van der Waals surface area contributed by atoms with E-state index in [0.717, 1.165) is 23.4 Å². The summed E-state index contributed by atoms with van der Waals surface area (Å²) in [5.74, 6) is 0.792. The molecule has 1 aliphatic heterocycles.